The summed E-state index contributed by atoms with van der Waals surface area (Å²) in [4.78, 5) is 46.2. The number of hydrogen-bond donors (Lipinski definition) is 0. The molecular formula is C33H36N6O2. The molecule has 0 bridgehead atoms. The second kappa shape index (κ2) is 12.8. The van der Waals surface area contributed by atoms with Gasteiger partial charge in [0.05, 0.1) is 11.3 Å². The zero-order valence-corrected chi connectivity index (χ0v) is 24.0. The van der Waals surface area contributed by atoms with Crippen molar-refractivity contribution >= 4 is 17.5 Å². The number of benzene rings is 2. The summed E-state index contributed by atoms with van der Waals surface area (Å²) in [5, 5.41) is 0. The van der Waals surface area contributed by atoms with Gasteiger partial charge in [-0.15, -0.1) is 0 Å². The summed E-state index contributed by atoms with van der Waals surface area (Å²) in [5.74, 6) is 0.498. The number of amides is 2. The summed E-state index contributed by atoms with van der Waals surface area (Å²) in [7, 11) is 0. The van der Waals surface area contributed by atoms with Crippen molar-refractivity contribution in [2.75, 3.05) is 31.1 Å². The molecule has 2 aromatic heterocycles. The molecule has 210 valence electrons. The van der Waals surface area contributed by atoms with E-state index in [1.807, 2.05) is 72.3 Å². The first-order valence-electron chi connectivity index (χ1n) is 14.1. The molecule has 0 unspecified atom stereocenters. The van der Waals surface area contributed by atoms with E-state index in [2.05, 4.69) is 38.1 Å². The number of nitrogens with zero attached hydrogens (tertiary/aromatic N) is 6. The number of aromatic nitrogens is 3. The molecule has 2 aromatic carbocycles. The average Bonchev–Trinajstić information content (AvgIpc) is 3.01. The Kier molecular flexibility index (Phi) is 8.79. The van der Waals surface area contributed by atoms with Gasteiger partial charge in [0.1, 0.15) is 5.82 Å². The first-order valence-corrected chi connectivity index (χ1v) is 14.1. The van der Waals surface area contributed by atoms with Crippen molar-refractivity contribution in [1.29, 1.82) is 0 Å². The smallest absolute Gasteiger partial charge is 0.257 e. The van der Waals surface area contributed by atoms with Crippen molar-refractivity contribution in [3.63, 3.8) is 0 Å². The van der Waals surface area contributed by atoms with E-state index in [0.29, 0.717) is 43.3 Å². The van der Waals surface area contributed by atoms with Crippen LogP contribution in [0, 0.1) is 13.8 Å². The van der Waals surface area contributed by atoms with Crippen molar-refractivity contribution in [1.82, 2.24) is 24.8 Å². The summed E-state index contributed by atoms with van der Waals surface area (Å²) in [6, 6.07) is 20.4. The second-order valence-electron chi connectivity index (χ2n) is 10.5. The summed E-state index contributed by atoms with van der Waals surface area (Å²) < 4.78 is 0. The maximum atomic E-state index is 14.1. The molecule has 8 nitrogen and oxygen atoms in total. The SMILES string of the molecule is CC(=O)N1CCCN(Cc2ccccc2)CCN(C(=O)c2cnc(C)nc2C)Cc2cc(-c3cccnc3)ccc21. The number of carbonyl (C=O) groups is 2. The molecule has 41 heavy (non-hydrogen) atoms. The summed E-state index contributed by atoms with van der Waals surface area (Å²) in [6.45, 7) is 9.02. The third-order valence-electron chi connectivity index (χ3n) is 7.52. The molecule has 0 fully saturated rings. The Balaban J connectivity index is 1.55. The van der Waals surface area contributed by atoms with Crippen molar-refractivity contribution in [3.8, 4) is 11.1 Å². The molecule has 5 rings (SSSR count). The fraction of sp³-hybridized carbons (Fsp3) is 0.303. The lowest BCUT2D eigenvalue weighted by Crippen LogP contribution is -2.39. The Morgan fingerprint density at radius 1 is 0.878 bits per heavy atom. The minimum Gasteiger partial charge on any atom is -0.333 e. The molecule has 2 amide bonds. The van der Waals surface area contributed by atoms with Crippen LogP contribution in [-0.2, 0) is 17.9 Å². The molecule has 0 saturated heterocycles. The van der Waals surface area contributed by atoms with Gasteiger partial charge in [0.15, 0.2) is 0 Å². The zero-order chi connectivity index (χ0) is 28.8. The van der Waals surface area contributed by atoms with E-state index < -0.39 is 0 Å². The van der Waals surface area contributed by atoms with Gasteiger partial charge in [-0.1, -0.05) is 42.5 Å². The lowest BCUT2D eigenvalue weighted by molar-refractivity contribution is -0.116. The van der Waals surface area contributed by atoms with E-state index in [1.54, 1.807) is 19.3 Å². The molecule has 0 atom stereocenters. The molecule has 3 heterocycles. The van der Waals surface area contributed by atoms with Crippen LogP contribution in [0.25, 0.3) is 11.1 Å². The van der Waals surface area contributed by atoms with E-state index in [-0.39, 0.29) is 11.8 Å². The fourth-order valence-electron chi connectivity index (χ4n) is 5.38. The molecule has 0 N–H and O–H groups in total. The minimum atomic E-state index is -0.117. The van der Waals surface area contributed by atoms with E-state index in [4.69, 9.17) is 0 Å². The molecule has 0 aliphatic carbocycles. The predicted molar refractivity (Wildman–Crippen MR) is 160 cm³/mol. The quantitative estimate of drug-likeness (QED) is 0.355. The van der Waals surface area contributed by atoms with Gasteiger partial charge < -0.3 is 9.80 Å². The maximum absolute atomic E-state index is 14.1. The number of pyridine rings is 1. The number of fused-ring (bicyclic) bond motifs is 1. The van der Waals surface area contributed by atoms with Crippen LogP contribution in [-0.4, -0.2) is 62.7 Å². The summed E-state index contributed by atoms with van der Waals surface area (Å²) >= 11 is 0. The highest BCUT2D eigenvalue weighted by Gasteiger charge is 2.25. The monoisotopic (exact) mass is 548 g/mol. The summed E-state index contributed by atoms with van der Waals surface area (Å²) in [6.07, 6.45) is 6.02. The van der Waals surface area contributed by atoms with Gasteiger partial charge in [-0.2, -0.15) is 0 Å². The van der Waals surface area contributed by atoms with Gasteiger partial charge in [-0.05, 0) is 60.7 Å². The molecular weight excluding hydrogens is 512 g/mol. The molecule has 1 aliphatic rings. The predicted octanol–water partition coefficient (Wildman–Crippen LogP) is 5.06. The first kappa shape index (κ1) is 28.1. The minimum absolute atomic E-state index is 0.0186. The van der Waals surface area contributed by atoms with Gasteiger partial charge in [0.2, 0.25) is 5.91 Å². The lowest BCUT2D eigenvalue weighted by atomic mass is 10.0. The zero-order valence-electron chi connectivity index (χ0n) is 24.0. The van der Waals surface area contributed by atoms with Crippen LogP contribution in [0.15, 0.2) is 79.3 Å². The molecule has 1 aliphatic heterocycles. The fourth-order valence-corrected chi connectivity index (χ4v) is 5.38. The van der Waals surface area contributed by atoms with Crippen LogP contribution in [0.3, 0.4) is 0 Å². The van der Waals surface area contributed by atoms with Gasteiger partial charge in [0.25, 0.3) is 5.91 Å². The Morgan fingerprint density at radius 3 is 2.44 bits per heavy atom. The van der Waals surface area contributed by atoms with Crippen LogP contribution >= 0.6 is 0 Å². The van der Waals surface area contributed by atoms with Crippen LogP contribution in [0.1, 0.15) is 46.3 Å². The largest absolute Gasteiger partial charge is 0.333 e. The molecule has 8 heteroatoms. The van der Waals surface area contributed by atoms with E-state index in [9.17, 15) is 9.59 Å². The van der Waals surface area contributed by atoms with Crippen LogP contribution in [0.5, 0.6) is 0 Å². The highest BCUT2D eigenvalue weighted by Crippen LogP contribution is 2.30. The standard InChI is InChI=1S/C33H36N6O2/c1-24-31(21-35-25(2)36-24)33(41)38-18-17-37(22-27-9-5-4-6-10-27)15-8-16-39(26(3)40)32-13-12-28(19-30(32)23-38)29-11-7-14-34-20-29/h4-7,9-14,19-21H,8,15-18,22-23H2,1-3H3. The van der Waals surface area contributed by atoms with Crippen LogP contribution < -0.4 is 4.90 Å². The Morgan fingerprint density at radius 2 is 1.71 bits per heavy atom. The van der Waals surface area contributed by atoms with E-state index in [0.717, 1.165) is 41.9 Å². The van der Waals surface area contributed by atoms with E-state index >= 15 is 0 Å². The molecule has 0 spiro atoms. The third-order valence-corrected chi connectivity index (χ3v) is 7.52. The Labute approximate surface area is 241 Å². The Hall–Kier alpha value is -4.43. The second-order valence-corrected chi connectivity index (χ2v) is 10.5. The van der Waals surface area contributed by atoms with Gasteiger partial charge in [-0.25, -0.2) is 9.97 Å². The number of carbonyl (C=O) groups excluding carboxylic acids is 2. The number of anilines is 1. The van der Waals surface area contributed by atoms with Crippen molar-refractivity contribution < 1.29 is 9.59 Å². The first-order chi connectivity index (χ1) is 19.9. The maximum Gasteiger partial charge on any atom is 0.257 e. The van der Waals surface area contributed by atoms with Crippen molar-refractivity contribution in [3.05, 3.63) is 107 Å². The highest BCUT2D eigenvalue weighted by molar-refractivity contribution is 5.96. The summed E-state index contributed by atoms with van der Waals surface area (Å²) in [5.41, 5.74) is 6.09. The van der Waals surface area contributed by atoms with Crippen LogP contribution in [0.4, 0.5) is 5.69 Å². The highest BCUT2D eigenvalue weighted by atomic mass is 16.2. The molecule has 4 aromatic rings. The third kappa shape index (κ3) is 6.84. The number of aryl methyl sites for hydroxylation is 2. The van der Waals surface area contributed by atoms with Gasteiger partial charge in [0, 0.05) is 70.5 Å². The Bertz CT molecular complexity index is 1510. The van der Waals surface area contributed by atoms with Gasteiger partial charge in [-0.3, -0.25) is 19.5 Å². The van der Waals surface area contributed by atoms with Crippen molar-refractivity contribution in [2.24, 2.45) is 0 Å². The van der Waals surface area contributed by atoms with Crippen molar-refractivity contribution in [2.45, 2.75) is 40.3 Å². The lowest BCUT2D eigenvalue weighted by Gasteiger charge is -2.28. The van der Waals surface area contributed by atoms with Crippen LogP contribution in [0.2, 0.25) is 0 Å². The average molecular weight is 549 g/mol. The molecule has 0 saturated carbocycles. The molecule has 0 radical (unpaired) electrons. The normalized spacial score (nSPS) is 14.7. The topological polar surface area (TPSA) is 82.5 Å². The number of rotatable bonds is 4. The van der Waals surface area contributed by atoms with E-state index in [1.165, 1.54) is 5.56 Å². The van der Waals surface area contributed by atoms with Gasteiger partial charge >= 0.3 is 0 Å². The number of hydrogen-bond acceptors (Lipinski definition) is 6.